The smallest absolute Gasteiger partial charge is 0.244 e. The van der Waals surface area contributed by atoms with Crippen LogP contribution in [0, 0.1) is 0 Å². The van der Waals surface area contributed by atoms with Crippen LogP contribution in [-0.2, 0) is 21.4 Å². The second-order valence-electron chi connectivity index (χ2n) is 8.31. The van der Waals surface area contributed by atoms with Crippen molar-refractivity contribution in [3.8, 4) is 11.5 Å². The number of carbonyl (C=O) groups excluding carboxylic acids is 1. The minimum absolute atomic E-state index is 0.0475. The highest BCUT2D eigenvalue weighted by atomic mass is 32.2. The summed E-state index contributed by atoms with van der Waals surface area (Å²) in [4.78, 5) is 17.0. The van der Waals surface area contributed by atoms with Gasteiger partial charge in [-0.05, 0) is 49.6 Å². The first-order valence-electron chi connectivity index (χ1n) is 11.1. The van der Waals surface area contributed by atoms with E-state index in [-0.39, 0.29) is 28.9 Å². The Labute approximate surface area is 199 Å². The zero-order chi connectivity index (χ0) is 23.4. The molecule has 0 bridgehead atoms. The number of rotatable bonds is 8. The van der Waals surface area contributed by atoms with Crippen LogP contribution in [0.2, 0.25) is 0 Å². The summed E-state index contributed by atoms with van der Waals surface area (Å²) in [6.45, 7) is 2.38. The number of hydrogen-bond donors (Lipinski definition) is 1. The molecule has 10 heteroatoms. The lowest BCUT2D eigenvalue weighted by Crippen LogP contribution is -2.38. The number of pyridine rings is 1. The summed E-state index contributed by atoms with van der Waals surface area (Å²) in [5.74, 6) is 1.25. The molecule has 2 aromatic rings. The Morgan fingerprint density at radius 3 is 2.67 bits per heavy atom. The summed E-state index contributed by atoms with van der Waals surface area (Å²) in [6.07, 6.45) is 6.47. The average Bonchev–Trinajstić information content (AvgIpc) is 3.31. The van der Waals surface area contributed by atoms with E-state index in [2.05, 4.69) is 10.3 Å². The van der Waals surface area contributed by atoms with E-state index >= 15 is 0 Å². The molecule has 1 amide bonds. The molecule has 1 N–H and O–H groups in total. The molecule has 0 radical (unpaired) electrons. The predicted octanol–water partition coefficient (Wildman–Crippen LogP) is 3.56. The number of benzene rings is 1. The number of aromatic nitrogens is 1. The molecule has 1 unspecified atom stereocenters. The Bertz CT molecular complexity index is 1090. The van der Waals surface area contributed by atoms with Crippen molar-refractivity contribution in [3.63, 3.8) is 0 Å². The fourth-order valence-electron chi connectivity index (χ4n) is 4.01. The van der Waals surface area contributed by atoms with Gasteiger partial charge in [-0.1, -0.05) is 37.1 Å². The van der Waals surface area contributed by atoms with Gasteiger partial charge in [0.05, 0.1) is 10.3 Å². The maximum absolute atomic E-state index is 13.0. The van der Waals surface area contributed by atoms with Crippen molar-refractivity contribution in [3.05, 3.63) is 42.1 Å². The van der Waals surface area contributed by atoms with Gasteiger partial charge in [-0.3, -0.25) is 4.79 Å². The third-order valence-corrected chi connectivity index (χ3v) is 8.99. The van der Waals surface area contributed by atoms with Gasteiger partial charge in [0.1, 0.15) is 4.90 Å². The first kappa shape index (κ1) is 23.8. The fourth-order valence-corrected chi connectivity index (χ4v) is 6.19. The second kappa shape index (κ2) is 10.3. The summed E-state index contributed by atoms with van der Waals surface area (Å²) < 4.78 is 38.1. The number of nitrogens with zero attached hydrogens (tertiary/aromatic N) is 2. The quantitative estimate of drug-likeness (QED) is 0.564. The van der Waals surface area contributed by atoms with Crippen molar-refractivity contribution in [2.24, 2.45) is 0 Å². The second-order valence-corrected chi connectivity index (χ2v) is 11.7. The number of thioether (sulfide) groups is 1. The van der Waals surface area contributed by atoms with E-state index in [1.807, 2.05) is 18.2 Å². The van der Waals surface area contributed by atoms with E-state index in [0.29, 0.717) is 23.1 Å². The van der Waals surface area contributed by atoms with Crippen LogP contribution in [0.3, 0.4) is 0 Å². The molecule has 1 aromatic heterocycles. The van der Waals surface area contributed by atoms with Crippen molar-refractivity contribution in [1.82, 2.24) is 14.6 Å². The molecule has 2 heterocycles. The van der Waals surface area contributed by atoms with Crippen molar-refractivity contribution >= 4 is 27.7 Å². The van der Waals surface area contributed by atoms with Gasteiger partial charge in [0.25, 0.3) is 0 Å². The van der Waals surface area contributed by atoms with Gasteiger partial charge in [0.15, 0.2) is 11.5 Å². The van der Waals surface area contributed by atoms with Gasteiger partial charge in [-0.2, -0.15) is 4.31 Å². The van der Waals surface area contributed by atoms with Gasteiger partial charge in [0.2, 0.25) is 22.7 Å². The average molecular weight is 492 g/mol. The number of sulfonamides is 1. The van der Waals surface area contributed by atoms with Crippen LogP contribution in [0.5, 0.6) is 11.5 Å². The largest absolute Gasteiger partial charge is 0.454 e. The van der Waals surface area contributed by atoms with Gasteiger partial charge in [-0.25, -0.2) is 13.4 Å². The zero-order valence-corrected chi connectivity index (χ0v) is 20.5. The molecule has 1 aromatic carbocycles. The van der Waals surface area contributed by atoms with Crippen molar-refractivity contribution in [1.29, 1.82) is 0 Å². The number of nitrogens with one attached hydrogen (secondary N) is 1. The summed E-state index contributed by atoms with van der Waals surface area (Å²) in [6, 6.07) is 8.84. The Morgan fingerprint density at radius 2 is 1.94 bits per heavy atom. The topological polar surface area (TPSA) is 97.8 Å². The monoisotopic (exact) mass is 491 g/mol. The summed E-state index contributed by atoms with van der Waals surface area (Å²) in [5, 5.41) is 3.12. The number of fused-ring (bicyclic) bond motifs is 1. The van der Waals surface area contributed by atoms with Gasteiger partial charge in [-0.15, -0.1) is 0 Å². The molecule has 1 fully saturated rings. The van der Waals surface area contributed by atoms with Crippen molar-refractivity contribution in [2.45, 2.75) is 66.8 Å². The molecule has 0 spiro atoms. The molecular formula is C23H29N3O5S2. The highest BCUT2D eigenvalue weighted by Gasteiger charge is 2.29. The highest BCUT2D eigenvalue weighted by molar-refractivity contribution is 8.00. The van der Waals surface area contributed by atoms with E-state index < -0.39 is 10.0 Å². The van der Waals surface area contributed by atoms with E-state index in [0.717, 1.165) is 31.2 Å². The third-order valence-electron chi connectivity index (χ3n) is 6.05. The van der Waals surface area contributed by atoms with Crippen LogP contribution >= 0.6 is 11.8 Å². The lowest BCUT2D eigenvalue weighted by atomic mass is 9.96. The Kier molecular flexibility index (Phi) is 7.45. The molecular weight excluding hydrogens is 462 g/mol. The molecule has 178 valence electrons. The van der Waals surface area contributed by atoms with Crippen LogP contribution in [0.15, 0.2) is 46.5 Å². The number of hydrogen-bond acceptors (Lipinski definition) is 7. The molecule has 1 aliphatic carbocycles. The first-order chi connectivity index (χ1) is 15.8. The SMILES string of the molecule is CC(Sc1ccc(S(=O)(=O)N(C)C2CCCCC2)cn1)C(=O)NCc1ccc2c(c1)OCO2. The summed E-state index contributed by atoms with van der Waals surface area (Å²) >= 11 is 1.29. The Morgan fingerprint density at radius 1 is 1.18 bits per heavy atom. The number of amides is 1. The number of carbonyl (C=O) groups is 1. The standard InChI is InChI=1S/C23H29N3O5S2/c1-16(23(27)25-13-17-8-10-20-21(12-17)31-15-30-20)32-22-11-9-19(14-24-22)33(28,29)26(2)18-6-4-3-5-7-18/h8-12,14,16,18H,3-7,13,15H2,1-2H3,(H,25,27). The van der Waals surface area contributed by atoms with E-state index in [9.17, 15) is 13.2 Å². The highest BCUT2D eigenvalue weighted by Crippen LogP contribution is 2.32. The van der Waals surface area contributed by atoms with Gasteiger partial charge >= 0.3 is 0 Å². The van der Waals surface area contributed by atoms with Crippen LogP contribution in [0.4, 0.5) is 0 Å². The minimum Gasteiger partial charge on any atom is -0.454 e. The molecule has 2 aliphatic rings. The lowest BCUT2D eigenvalue weighted by molar-refractivity contribution is -0.120. The molecule has 4 rings (SSSR count). The normalized spacial score (nSPS) is 17.2. The zero-order valence-electron chi connectivity index (χ0n) is 18.8. The molecule has 1 aliphatic heterocycles. The minimum atomic E-state index is -3.58. The van der Waals surface area contributed by atoms with E-state index in [1.165, 1.54) is 28.7 Å². The Hall–Kier alpha value is -2.30. The lowest BCUT2D eigenvalue weighted by Gasteiger charge is -2.30. The molecule has 33 heavy (non-hydrogen) atoms. The van der Waals surface area contributed by atoms with E-state index in [4.69, 9.17) is 9.47 Å². The van der Waals surface area contributed by atoms with Crippen molar-refractivity contribution in [2.75, 3.05) is 13.8 Å². The maximum atomic E-state index is 13.0. The summed E-state index contributed by atoms with van der Waals surface area (Å²) in [5.41, 5.74) is 0.916. The third kappa shape index (κ3) is 5.62. The number of ether oxygens (including phenoxy) is 2. The fraction of sp³-hybridized carbons (Fsp3) is 0.478. The van der Waals surface area contributed by atoms with Gasteiger partial charge < -0.3 is 14.8 Å². The molecule has 1 saturated carbocycles. The maximum Gasteiger partial charge on any atom is 0.244 e. The van der Waals surface area contributed by atoms with Crippen LogP contribution in [-0.4, -0.2) is 48.7 Å². The van der Waals surface area contributed by atoms with Crippen LogP contribution in [0.25, 0.3) is 0 Å². The van der Waals surface area contributed by atoms with Crippen LogP contribution in [0.1, 0.15) is 44.6 Å². The van der Waals surface area contributed by atoms with Crippen molar-refractivity contribution < 1.29 is 22.7 Å². The molecule has 0 saturated heterocycles. The first-order valence-corrected chi connectivity index (χ1v) is 13.4. The van der Waals surface area contributed by atoms with E-state index in [1.54, 1.807) is 26.1 Å². The Balaban J connectivity index is 1.31. The molecule has 1 atom stereocenters. The van der Waals surface area contributed by atoms with Gasteiger partial charge in [0, 0.05) is 25.8 Å². The molecule has 8 nitrogen and oxygen atoms in total. The van der Waals surface area contributed by atoms with Crippen LogP contribution < -0.4 is 14.8 Å². The summed E-state index contributed by atoms with van der Waals surface area (Å²) in [7, 11) is -1.93. The predicted molar refractivity (Wildman–Crippen MR) is 126 cm³/mol.